The first-order valence-electron chi connectivity index (χ1n) is 8.21. The van der Waals surface area contributed by atoms with Gasteiger partial charge >= 0.3 is 0 Å². The van der Waals surface area contributed by atoms with Gasteiger partial charge in [-0.2, -0.15) is 0 Å². The molecule has 0 N–H and O–H groups in total. The number of carbonyl (C=O) groups is 1. The molecule has 2 atom stereocenters. The third-order valence-corrected chi connectivity index (χ3v) is 7.22. The SMILES string of the molecule is O=C(c1cscn1)N1CCN(Cc2ccccc2)[C@@H]2CS(=O)(=O)C[C@@H]21. The van der Waals surface area contributed by atoms with Gasteiger partial charge in [0.15, 0.2) is 9.84 Å². The Morgan fingerprint density at radius 2 is 1.92 bits per heavy atom. The summed E-state index contributed by atoms with van der Waals surface area (Å²) in [5.41, 5.74) is 3.19. The Morgan fingerprint density at radius 1 is 1.16 bits per heavy atom. The zero-order valence-electron chi connectivity index (χ0n) is 13.6. The van der Waals surface area contributed by atoms with E-state index in [4.69, 9.17) is 0 Å². The highest BCUT2D eigenvalue weighted by Crippen LogP contribution is 2.29. The number of thiazole rings is 1. The van der Waals surface area contributed by atoms with E-state index in [1.807, 2.05) is 30.3 Å². The lowest BCUT2D eigenvalue weighted by Gasteiger charge is -2.43. The molecule has 25 heavy (non-hydrogen) atoms. The van der Waals surface area contributed by atoms with Crippen LogP contribution in [-0.2, 0) is 16.4 Å². The largest absolute Gasteiger partial charge is 0.330 e. The summed E-state index contributed by atoms with van der Waals surface area (Å²) < 4.78 is 24.5. The maximum absolute atomic E-state index is 12.7. The summed E-state index contributed by atoms with van der Waals surface area (Å²) in [6.45, 7) is 1.90. The summed E-state index contributed by atoms with van der Waals surface area (Å²) in [5, 5.41) is 1.72. The Morgan fingerprint density at radius 3 is 2.64 bits per heavy atom. The second-order valence-corrected chi connectivity index (χ2v) is 9.41. The van der Waals surface area contributed by atoms with Crippen molar-refractivity contribution in [3.8, 4) is 0 Å². The fourth-order valence-electron chi connectivity index (χ4n) is 3.76. The molecule has 0 bridgehead atoms. The van der Waals surface area contributed by atoms with Gasteiger partial charge < -0.3 is 4.90 Å². The molecule has 3 heterocycles. The molecule has 0 radical (unpaired) electrons. The molecule has 132 valence electrons. The fourth-order valence-corrected chi connectivity index (χ4v) is 6.29. The van der Waals surface area contributed by atoms with Crippen molar-refractivity contribution in [2.75, 3.05) is 24.6 Å². The molecule has 2 aromatic rings. The molecule has 2 fully saturated rings. The molecular formula is C17H19N3O3S2. The molecule has 1 amide bonds. The summed E-state index contributed by atoms with van der Waals surface area (Å²) in [5.74, 6) is -0.00260. The number of rotatable bonds is 3. The quantitative estimate of drug-likeness (QED) is 0.806. The zero-order valence-corrected chi connectivity index (χ0v) is 15.2. The standard InChI is InChI=1S/C17H19N3O3S2/c21-17(14-9-24-12-18-14)20-7-6-19(8-13-4-2-1-3-5-13)15-10-25(22,23)11-16(15)20/h1-5,9,12,15-16H,6-8,10-11H2/t15-,16+/m1/s1. The Bertz CT molecular complexity index is 853. The van der Waals surface area contributed by atoms with Gasteiger partial charge in [0.05, 0.1) is 23.1 Å². The number of hydrogen-bond donors (Lipinski definition) is 0. The second kappa shape index (κ2) is 6.51. The zero-order chi connectivity index (χ0) is 17.4. The molecule has 6 nitrogen and oxygen atoms in total. The highest BCUT2D eigenvalue weighted by Gasteiger charge is 2.48. The van der Waals surface area contributed by atoms with E-state index >= 15 is 0 Å². The van der Waals surface area contributed by atoms with Crippen molar-refractivity contribution in [1.82, 2.24) is 14.8 Å². The van der Waals surface area contributed by atoms with Gasteiger partial charge in [-0.05, 0) is 5.56 Å². The lowest BCUT2D eigenvalue weighted by molar-refractivity contribution is 0.0302. The van der Waals surface area contributed by atoms with E-state index < -0.39 is 9.84 Å². The Labute approximate surface area is 151 Å². The van der Waals surface area contributed by atoms with Gasteiger partial charge in [-0.25, -0.2) is 13.4 Å². The Kier molecular flexibility index (Phi) is 4.35. The van der Waals surface area contributed by atoms with Crippen molar-refractivity contribution < 1.29 is 13.2 Å². The van der Waals surface area contributed by atoms with E-state index in [1.54, 1.807) is 15.8 Å². The smallest absolute Gasteiger partial charge is 0.273 e. The first kappa shape index (κ1) is 16.7. The van der Waals surface area contributed by atoms with Crippen LogP contribution in [0.25, 0.3) is 0 Å². The monoisotopic (exact) mass is 377 g/mol. The van der Waals surface area contributed by atoms with Crippen LogP contribution in [0.4, 0.5) is 0 Å². The average Bonchev–Trinajstić information content (AvgIpc) is 3.22. The average molecular weight is 377 g/mol. The van der Waals surface area contributed by atoms with Gasteiger partial charge in [0, 0.05) is 31.1 Å². The first-order valence-corrected chi connectivity index (χ1v) is 11.0. The van der Waals surface area contributed by atoms with E-state index in [2.05, 4.69) is 9.88 Å². The van der Waals surface area contributed by atoms with E-state index in [0.717, 1.165) is 5.56 Å². The van der Waals surface area contributed by atoms with Crippen LogP contribution in [0.1, 0.15) is 16.1 Å². The number of aromatic nitrogens is 1. The number of amides is 1. The van der Waals surface area contributed by atoms with Gasteiger partial charge in [0.2, 0.25) is 0 Å². The molecule has 8 heteroatoms. The molecule has 2 saturated heterocycles. The van der Waals surface area contributed by atoms with E-state index in [-0.39, 0.29) is 29.5 Å². The molecule has 4 rings (SSSR count). The van der Waals surface area contributed by atoms with Crippen LogP contribution in [-0.4, -0.2) is 65.8 Å². The Hall–Kier alpha value is -1.77. The minimum atomic E-state index is -3.14. The molecule has 0 aliphatic carbocycles. The predicted octanol–water partition coefficient (Wildman–Crippen LogP) is 1.27. The number of carbonyl (C=O) groups excluding carboxylic acids is 1. The molecule has 0 unspecified atom stereocenters. The van der Waals surface area contributed by atoms with Crippen molar-refractivity contribution in [1.29, 1.82) is 0 Å². The number of fused-ring (bicyclic) bond motifs is 1. The number of piperazine rings is 1. The van der Waals surface area contributed by atoms with Crippen LogP contribution in [0.5, 0.6) is 0 Å². The number of sulfone groups is 1. The first-order chi connectivity index (χ1) is 12.0. The molecule has 2 aliphatic heterocycles. The summed E-state index contributed by atoms with van der Waals surface area (Å²) in [4.78, 5) is 20.7. The van der Waals surface area contributed by atoms with E-state index in [1.165, 1.54) is 11.3 Å². The van der Waals surface area contributed by atoms with E-state index in [9.17, 15) is 13.2 Å². The van der Waals surface area contributed by atoms with Gasteiger partial charge in [-0.3, -0.25) is 9.69 Å². The maximum atomic E-state index is 12.7. The van der Waals surface area contributed by atoms with Gasteiger partial charge in [-0.1, -0.05) is 30.3 Å². The Balaban J connectivity index is 1.59. The van der Waals surface area contributed by atoms with Crippen molar-refractivity contribution in [2.24, 2.45) is 0 Å². The summed E-state index contributed by atoms with van der Waals surface area (Å²) in [6.07, 6.45) is 0. The summed E-state index contributed by atoms with van der Waals surface area (Å²) >= 11 is 1.37. The van der Waals surface area contributed by atoms with Crippen molar-refractivity contribution in [2.45, 2.75) is 18.6 Å². The topological polar surface area (TPSA) is 70.6 Å². The molecular weight excluding hydrogens is 358 g/mol. The van der Waals surface area contributed by atoms with Crippen molar-refractivity contribution in [3.05, 3.63) is 52.5 Å². The second-order valence-electron chi connectivity index (χ2n) is 6.54. The fraction of sp³-hybridized carbons (Fsp3) is 0.412. The van der Waals surface area contributed by atoms with Crippen LogP contribution in [0.2, 0.25) is 0 Å². The van der Waals surface area contributed by atoms with Crippen LogP contribution >= 0.6 is 11.3 Å². The molecule has 0 saturated carbocycles. The minimum absolute atomic E-state index is 0.0405. The molecule has 2 aliphatic rings. The summed E-state index contributed by atoms with van der Waals surface area (Å²) in [6, 6.07) is 9.59. The van der Waals surface area contributed by atoms with Crippen LogP contribution < -0.4 is 0 Å². The predicted molar refractivity (Wildman–Crippen MR) is 96.2 cm³/mol. The number of benzene rings is 1. The van der Waals surface area contributed by atoms with Crippen molar-refractivity contribution in [3.63, 3.8) is 0 Å². The lowest BCUT2D eigenvalue weighted by atomic mass is 10.0. The third-order valence-electron chi connectivity index (χ3n) is 4.93. The van der Waals surface area contributed by atoms with Crippen LogP contribution in [0, 0.1) is 0 Å². The van der Waals surface area contributed by atoms with Gasteiger partial charge in [0.25, 0.3) is 5.91 Å². The van der Waals surface area contributed by atoms with Crippen LogP contribution in [0.15, 0.2) is 41.2 Å². The van der Waals surface area contributed by atoms with Crippen molar-refractivity contribution >= 4 is 27.1 Å². The molecule has 1 aromatic heterocycles. The van der Waals surface area contributed by atoms with Crippen LogP contribution in [0.3, 0.4) is 0 Å². The molecule has 0 spiro atoms. The maximum Gasteiger partial charge on any atom is 0.273 e. The normalized spacial score (nSPS) is 25.7. The lowest BCUT2D eigenvalue weighted by Crippen LogP contribution is -2.60. The third kappa shape index (κ3) is 3.33. The van der Waals surface area contributed by atoms with Gasteiger partial charge in [0.1, 0.15) is 5.69 Å². The van der Waals surface area contributed by atoms with E-state index in [0.29, 0.717) is 25.3 Å². The minimum Gasteiger partial charge on any atom is -0.330 e. The van der Waals surface area contributed by atoms with Gasteiger partial charge in [-0.15, -0.1) is 11.3 Å². The highest BCUT2D eigenvalue weighted by molar-refractivity contribution is 7.91. The summed E-state index contributed by atoms with van der Waals surface area (Å²) in [7, 11) is -3.14. The number of hydrogen-bond acceptors (Lipinski definition) is 6. The highest BCUT2D eigenvalue weighted by atomic mass is 32.2. The number of nitrogens with zero attached hydrogens (tertiary/aromatic N) is 3. The molecule has 1 aromatic carbocycles.